The van der Waals surface area contributed by atoms with Gasteiger partial charge in [-0.25, -0.2) is 4.79 Å². The number of carbonyl (C=O) groups excluding carboxylic acids is 6. The van der Waals surface area contributed by atoms with Gasteiger partial charge in [0, 0.05) is 18.9 Å². The van der Waals surface area contributed by atoms with Gasteiger partial charge in [-0.2, -0.15) is 0 Å². The van der Waals surface area contributed by atoms with Crippen molar-refractivity contribution in [3.63, 3.8) is 0 Å². The number of nitrogens with zero attached hydrogens (tertiary/aromatic N) is 4. The number of piperazine rings is 1. The van der Waals surface area contributed by atoms with Crippen molar-refractivity contribution in [2.24, 2.45) is 11.7 Å². The Morgan fingerprint density at radius 1 is 0.963 bits per heavy atom. The van der Waals surface area contributed by atoms with Crippen LogP contribution in [-0.2, 0) is 35.2 Å². The monoisotopic (exact) mass is 751 g/mol. The van der Waals surface area contributed by atoms with Gasteiger partial charge in [0.2, 0.25) is 29.5 Å². The summed E-state index contributed by atoms with van der Waals surface area (Å²) in [5, 5.41) is 25.2. The largest absolute Gasteiger partial charge is 0.508 e. The van der Waals surface area contributed by atoms with E-state index in [0.29, 0.717) is 24.9 Å². The molecule has 6 unspecified atom stereocenters. The Labute approximate surface area is 312 Å². The first-order valence-electron chi connectivity index (χ1n) is 18.3. The van der Waals surface area contributed by atoms with Crippen molar-refractivity contribution in [1.82, 2.24) is 30.2 Å². The van der Waals surface area contributed by atoms with Gasteiger partial charge in [-0.05, 0) is 74.9 Å². The highest BCUT2D eigenvalue weighted by Crippen LogP contribution is 2.28. The minimum absolute atomic E-state index is 0.0132. The molecule has 3 saturated heterocycles. The number of carboxylic acids is 1. The van der Waals surface area contributed by atoms with Crippen LogP contribution in [0.2, 0.25) is 0 Å². The molecule has 0 radical (unpaired) electrons. The molecule has 6 amide bonds. The van der Waals surface area contributed by atoms with E-state index in [1.54, 1.807) is 19.1 Å². The molecule has 17 nitrogen and oxygen atoms in total. The summed E-state index contributed by atoms with van der Waals surface area (Å²) >= 11 is 0. The molecule has 6 atom stereocenters. The fourth-order valence-corrected chi connectivity index (χ4v) is 7.47. The Morgan fingerprint density at radius 3 is 2.31 bits per heavy atom. The summed E-state index contributed by atoms with van der Waals surface area (Å²) in [6.45, 7) is 4.82. The SMILES string of the molecule is CC(C)CC(=O)NC1CN(C(=O)c2ccco2)C2CN(C(CCCCN)C(=O)NC3CC(C)N(C(Cc4ccc(O)cc4)C(=O)O)C3=O)C(=O)CN2C1=O. The van der Waals surface area contributed by atoms with Gasteiger partial charge in [0.1, 0.15) is 42.6 Å². The van der Waals surface area contributed by atoms with Crippen molar-refractivity contribution in [2.45, 2.75) is 95.7 Å². The molecule has 4 heterocycles. The first kappa shape index (κ1) is 39.8. The van der Waals surface area contributed by atoms with Gasteiger partial charge in [0.05, 0.1) is 19.4 Å². The molecule has 17 heteroatoms. The summed E-state index contributed by atoms with van der Waals surface area (Å²) in [6.07, 6.45) is 1.71. The zero-order chi connectivity index (χ0) is 39.3. The zero-order valence-electron chi connectivity index (χ0n) is 30.7. The lowest BCUT2D eigenvalue weighted by Crippen LogP contribution is -2.74. The van der Waals surface area contributed by atoms with E-state index in [1.165, 1.54) is 50.1 Å². The predicted octanol–water partition coefficient (Wildman–Crippen LogP) is 0.268. The maximum absolute atomic E-state index is 14.1. The molecule has 1 aromatic carbocycles. The highest BCUT2D eigenvalue weighted by Gasteiger charge is 2.51. The number of carboxylic acid groups (broad SMARTS) is 1. The van der Waals surface area contributed by atoms with Crippen LogP contribution in [0.15, 0.2) is 47.1 Å². The molecule has 3 fully saturated rings. The van der Waals surface area contributed by atoms with Crippen LogP contribution in [0, 0.1) is 5.92 Å². The van der Waals surface area contributed by atoms with E-state index in [4.69, 9.17) is 10.2 Å². The Balaban J connectivity index is 1.37. The van der Waals surface area contributed by atoms with E-state index in [2.05, 4.69) is 10.6 Å². The molecular weight excluding hydrogens is 702 g/mol. The summed E-state index contributed by atoms with van der Waals surface area (Å²) in [4.78, 5) is 99.6. The molecule has 292 valence electrons. The molecule has 0 bridgehead atoms. The van der Waals surface area contributed by atoms with Crippen LogP contribution >= 0.6 is 0 Å². The number of furan rings is 1. The first-order chi connectivity index (χ1) is 25.7. The number of nitrogens with one attached hydrogen (secondary N) is 2. The minimum atomic E-state index is -1.24. The lowest BCUT2D eigenvalue weighted by molar-refractivity contribution is -0.165. The van der Waals surface area contributed by atoms with Gasteiger partial charge >= 0.3 is 5.97 Å². The smallest absolute Gasteiger partial charge is 0.326 e. The Morgan fingerprint density at radius 2 is 1.69 bits per heavy atom. The Kier molecular flexibility index (Phi) is 12.6. The lowest BCUT2D eigenvalue weighted by atomic mass is 10.0. The van der Waals surface area contributed by atoms with Gasteiger partial charge in [-0.3, -0.25) is 28.8 Å². The quantitative estimate of drug-likeness (QED) is 0.155. The number of phenolic OH excluding ortho intramolecular Hbond substituents is 1. The standard InChI is InChI=1S/C37H49N7O10/c1-21(2)15-30(46)39-26-18-42(36(51)29-8-6-14-54-29)31-19-41(32(47)20-43(31)34(26)49)27(7-4-5-13-38)33(48)40-25-16-22(3)44(35(25)50)28(37(52)53)17-23-9-11-24(45)12-10-23/h6,8-12,14,21-22,25-28,31,45H,4-5,7,13,15-20,38H2,1-3H3,(H,39,46)(H,40,48)(H,52,53). The van der Waals surface area contributed by atoms with Crippen LogP contribution in [0.5, 0.6) is 5.75 Å². The average molecular weight is 752 g/mol. The second-order valence-corrected chi connectivity index (χ2v) is 14.6. The van der Waals surface area contributed by atoms with Crippen LogP contribution in [-0.4, -0.2) is 134 Å². The minimum Gasteiger partial charge on any atom is -0.508 e. The van der Waals surface area contributed by atoms with E-state index >= 15 is 0 Å². The number of aromatic hydroxyl groups is 1. The first-order valence-corrected chi connectivity index (χ1v) is 18.3. The maximum atomic E-state index is 14.1. The molecule has 0 aliphatic carbocycles. The molecule has 6 N–H and O–H groups in total. The van der Waals surface area contributed by atoms with E-state index in [1.807, 2.05) is 13.8 Å². The third-order valence-electron chi connectivity index (χ3n) is 10.1. The fraction of sp³-hybridized carbons (Fsp3) is 0.541. The number of hydrogen-bond donors (Lipinski definition) is 5. The van der Waals surface area contributed by atoms with Crippen LogP contribution in [0.25, 0.3) is 0 Å². The Hall–Kier alpha value is -5.45. The van der Waals surface area contributed by atoms with Crippen LogP contribution in [0.1, 0.15) is 69.0 Å². The van der Waals surface area contributed by atoms with Gasteiger partial charge < -0.3 is 50.6 Å². The summed E-state index contributed by atoms with van der Waals surface area (Å²) in [7, 11) is 0. The zero-order valence-corrected chi connectivity index (χ0v) is 30.7. The van der Waals surface area contributed by atoms with Crippen LogP contribution in [0.3, 0.4) is 0 Å². The molecule has 3 aliphatic heterocycles. The molecule has 5 rings (SSSR count). The molecule has 54 heavy (non-hydrogen) atoms. The second kappa shape index (κ2) is 17.1. The van der Waals surface area contributed by atoms with Crippen LogP contribution < -0.4 is 16.4 Å². The maximum Gasteiger partial charge on any atom is 0.326 e. The second-order valence-electron chi connectivity index (χ2n) is 14.6. The lowest BCUT2D eigenvalue weighted by Gasteiger charge is -2.51. The number of phenols is 1. The molecule has 0 spiro atoms. The highest BCUT2D eigenvalue weighted by molar-refractivity contribution is 5.99. The molecule has 0 saturated carbocycles. The number of rotatable bonds is 15. The van der Waals surface area contributed by atoms with E-state index in [-0.39, 0.29) is 62.1 Å². The average Bonchev–Trinajstić information content (AvgIpc) is 3.75. The number of aliphatic carboxylic acids is 1. The number of carbonyl (C=O) groups is 7. The third kappa shape index (κ3) is 8.84. The number of nitrogens with two attached hydrogens (primary N) is 1. The normalized spacial score (nSPS) is 22.6. The Bertz CT molecular complexity index is 1720. The predicted molar refractivity (Wildman–Crippen MR) is 191 cm³/mol. The van der Waals surface area contributed by atoms with E-state index in [0.717, 1.165) is 0 Å². The van der Waals surface area contributed by atoms with Crippen molar-refractivity contribution >= 4 is 41.4 Å². The summed E-state index contributed by atoms with van der Waals surface area (Å²) in [5.74, 6) is -4.50. The van der Waals surface area contributed by atoms with Crippen molar-refractivity contribution in [3.05, 3.63) is 54.0 Å². The molecule has 2 aromatic rings. The number of hydrogen-bond acceptors (Lipinski definition) is 10. The summed E-state index contributed by atoms with van der Waals surface area (Å²) in [6, 6.07) is 3.91. The van der Waals surface area contributed by atoms with Crippen molar-refractivity contribution in [2.75, 3.05) is 26.2 Å². The highest BCUT2D eigenvalue weighted by atomic mass is 16.4. The van der Waals surface area contributed by atoms with Gasteiger partial charge in [-0.15, -0.1) is 0 Å². The van der Waals surface area contributed by atoms with Gasteiger partial charge in [-0.1, -0.05) is 26.0 Å². The topological polar surface area (TPSA) is 236 Å². The summed E-state index contributed by atoms with van der Waals surface area (Å²) < 4.78 is 5.37. The van der Waals surface area contributed by atoms with Gasteiger partial charge in [0.15, 0.2) is 5.76 Å². The van der Waals surface area contributed by atoms with E-state index in [9.17, 15) is 43.8 Å². The van der Waals surface area contributed by atoms with Gasteiger partial charge in [0.25, 0.3) is 5.91 Å². The van der Waals surface area contributed by atoms with Crippen molar-refractivity contribution in [3.8, 4) is 5.75 Å². The number of benzene rings is 1. The molecule has 3 aliphatic rings. The molecule has 1 aromatic heterocycles. The van der Waals surface area contributed by atoms with Crippen LogP contribution in [0.4, 0.5) is 0 Å². The number of fused-ring (bicyclic) bond motifs is 1. The van der Waals surface area contributed by atoms with Crippen molar-refractivity contribution in [1.29, 1.82) is 0 Å². The fourth-order valence-electron chi connectivity index (χ4n) is 7.47. The van der Waals surface area contributed by atoms with E-state index < -0.39 is 78.4 Å². The number of likely N-dealkylation sites (tertiary alicyclic amines) is 1. The summed E-state index contributed by atoms with van der Waals surface area (Å²) in [5.41, 5.74) is 6.34. The van der Waals surface area contributed by atoms with Crippen molar-refractivity contribution < 1.29 is 48.2 Å². The number of unbranched alkanes of at least 4 members (excludes halogenated alkanes) is 1. The molecular formula is C37H49N7O10. The third-order valence-corrected chi connectivity index (χ3v) is 10.1. The number of amides is 6.